The van der Waals surface area contributed by atoms with Gasteiger partial charge in [0.2, 0.25) is 0 Å². The molecule has 1 fully saturated rings. The van der Waals surface area contributed by atoms with Crippen molar-refractivity contribution in [1.29, 1.82) is 0 Å². The minimum Gasteiger partial charge on any atom is -0.103 e. The summed E-state index contributed by atoms with van der Waals surface area (Å²) in [5.41, 5.74) is 0.698. The molecule has 0 heterocycles. The van der Waals surface area contributed by atoms with E-state index in [1.54, 1.807) is 0 Å². The lowest BCUT2D eigenvalue weighted by Crippen LogP contribution is -2.03. The third-order valence-corrected chi connectivity index (χ3v) is 4.34. The van der Waals surface area contributed by atoms with Gasteiger partial charge in [0.1, 0.15) is 0 Å². The van der Waals surface area contributed by atoms with Crippen molar-refractivity contribution < 1.29 is 0 Å². The van der Waals surface area contributed by atoms with Gasteiger partial charge in [-0.2, -0.15) is 0 Å². The Morgan fingerprint density at radius 2 is 1.88 bits per heavy atom. The van der Waals surface area contributed by atoms with Crippen LogP contribution in [0.5, 0.6) is 0 Å². The normalized spacial score (nSPS) is 28.0. The number of allylic oxidation sites excluding steroid dienone is 1. The molecule has 1 rings (SSSR count). The van der Waals surface area contributed by atoms with Crippen LogP contribution in [0.2, 0.25) is 0 Å². The molecule has 1 aliphatic carbocycles. The van der Waals surface area contributed by atoms with E-state index in [9.17, 15) is 0 Å². The maximum atomic E-state index is 3.94. The molecule has 0 amide bonds. The Hall–Kier alpha value is -0.260. The third-order valence-electron chi connectivity index (χ3n) is 4.34. The molecule has 0 bridgehead atoms. The Morgan fingerprint density at radius 3 is 2.50 bits per heavy atom. The van der Waals surface area contributed by atoms with Crippen molar-refractivity contribution >= 4 is 0 Å². The lowest BCUT2D eigenvalue weighted by Gasteiger charge is -2.14. The van der Waals surface area contributed by atoms with Gasteiger partial charge in [-0.1, -0.05) is 58.4 Å². The fourth-order valence-electron chi connectivity index (χ4n) is 3.13. The van der Waals surface area contributed by atoms with Gasteiger partial charge in [0.15, 0.2) is 0 Å². The van der Waals surface area contributed by atoms with E-state index >= 15 is 0 Å². The first-order chi connectivity index (χ1) is 7.79. The summed E-state index contributed by atoms with van der Waals surface area (Å²) in [5, 5.41) is 0. The first-order valence-electron chi connectivity index (χ1n) is 7.40. The van der Waals surface area contributed by atoms with Gasteiger partial charge in [0.05, 0.1) is 0 Å². The summed E-state index contributed by atoms with van der Waals surface area (Å²) in [4.78, 5) is 0. The molecule has 0 aromatic rings. The summed E-state index contributed by atoms with van der Waals surface area (Å²) >= 11 is 0. The molecule has 1 saturated carbocycles. The zero-order valence-corrected chi connectivity index (χ0v) is 11.4. The smallest absolute Gasteiger partial charge is 0.0232 e. The van der Waals surface area contributed by atoms with Crippen LogP contribution < -0.4 is 0 Å². The van der Waals surface area contributed by atoms with Crippen LogP contribution in [0.1, 0.15) is 78.1 Å². The molecule has 0 saturated heterocycles. The second-order valence-electron chi connectivity index (χ2n) is 5.71. The number of rotatable bonds is 10. The van der Waals surface area contributed by atoms with E-state index in [4.69, 9.17) is 0 Å². The first kappa shape index (κ1) is 13.8. The zero-order chi connectivity index (χ0) is 11.9. The van der Waals surface area contributed by atoms with Crippen LogP contribution in [0, 0.1) is 11.3 Å². The van der Waals surface area contributed by atoms with Crippen LogP contribution in [0.25, 0.3) is 0 Å². The summed E-state index contributed by atoms with van der Waals surface area (Å²) in [5.74, 6) is 1.04. The van der Waals surface area contributed by atoms with E-state index in [2.05, 4.69) is 26.5 Å². The SMILES string of the molecule is C=CC[C@]1(CCCC)CC1CCCCCC. The molecular weight excluding hydrogens is 192 g/mol. The predicted molar refractivity (Wildman–Crippen MR) is 73.6 cm³/mol. The number of hydrogen-bond acceptors (Lipinski definition) is 0. The van der Waals surface area contributed by atoms with Crippen LogP contribution in [-0.2, 0) is 0 Å². The highest BCUT2D eigenvalue weighted by Gasteiger charge is 2.50. The van der Waals surface area contributed by atoms with Crippen molar-refractivity contribution in [2.45, 2.75) is 78.1 Å². The number of hydrogen-bond donors (Lipinski definition) is 0. The molecule has 1 aliphatic rings. The maximum Gasteiger partial charge on any atom is -0.0232 e. The summed E-state index contributed by atoms with van der Waals surface area (Å²) in [6, 6.07) is 0. The zero-order valence-electron chi connectivity index (χ0n) is 11.4. The van der Waals surface area contributed by atoms with E-state index in [0.717, 1.165) is 5.92 Å². The average Bonchev–Trinajstić information content (AvgIpc) is 2.96. The van der Waals surface area contributed by atoms with Gasteiger partial charge in [-0.25, -0.2) is 0 Å². The van der Waals surface area contributed by atoms with Crippen molar-refractivity contribution in [2.24, 2.45) is 11.3 Å². The van der Waals surface area contributed by atoms with Gasteiger partial charge in [-0.3, -0.25) is 0 Å². The predicted octanol–water partition coefficient (Wildman–Crippen LogP) is 5.73. The third kappa shape index (κ3) is 3.96. The van der Waals surface area contributed by atoms with Crippen LogP contribution in [0.3, 0.4) is 0 Å². The molecule has 0 N–H and O–H groups in total. The highest BCUT2D eigenvalue weighted by molar-refractivity contribution is 5.04. The molecule has 0 aliphatic heterocycles. The molecule has 0 radical (unpaired) electrons. The maximum absolute atomic E-state index is 3.94. The summed E-state index contributed by atoms with van der Waals surface area (Å²) < 4.78 is 0. The van der Waals surface area contributed by atoms with Crippen molar-refractivity contribution in [3.05, 3.63) is 12.7 Å². The van der Waals surface area contributed by atoms with Gasteiger partial charge in [0, 0.05) is 0 Å². The van der Waals surface area contributed by atoms with Gasteiger partial charge in [-0.15, -0.1) is 6.58 Å². The molecule has 2 atom stereocenters. The van der Waals surface area contributed by atoms with E-state index < -0.39 is 0 Å². The Morgan fingerprint density at radius 1 is 1.12 bits per heavy atom. The monoisotopic (exact) mass is 222 g/mol. The average molecular weight is 222 g/mol. The summed E-state index contributed by atoms with van der Waals surface area (Å²) in [6.45, 7) is 8.54. The Kier molecular flexibility index (Phi) is 6.16. The largest absolute Gasteiger partial charge is 0.103 e. The van der Waals surface area contributed by atoms with Crippen molar-refractivity contribution in [3.63, 3.8) is 0 Å². The molecule has 1 unspecified atom stereocenters. The van der Waals surface area contributed by atoms with E-state index in [-0.39, 0.29) is 0 Å². The van der Waals surface area contributed by atoms with Crippen LogP contribution in [0.15, 0.2) is 12.7 Å². The van der Waals surface area contributed by atoms with E-state index in [1.807, 2.05) is 0 Å². The van der Waals surface area contributed by atoms with Crippen LogP contribution >= 0.6 is 0 Å². The van der Waals surface area contributed by atoms with E-state index in [0.29, 0.717) is 5.41 Å². The topological polar surface area (TPSA) is 0 Å². The molecule has 0 aromatic carbocycles. The minimum atomic E-state index is 0.698. The lowest BCUT2D eigenvalue weighted by atomic mass is 9.91. The highest BCUT2D eigenvalue weighted by atomic mass is 14.6. The van der Waals surface area contributed by atoms with Gasteiger partial charge >= 0.3 is 0 Å². The molecule has 94 valence electrons. The summed E-state index contributed by atoms with van der Waals surface area (Å²) in [6.07, 6.45) is 16.3. The first-order valence-corrected chi connectivity index (χ1v) is 7.40. The molecule has 0 heteroatoms. The Labute approximate surface area is 103 Å². The Bertz CT molecular complexity index is 194. The standard InChI is InChI=1S/C16H30/c1-4-7-9-10-11-15-14-16(15,12-6-3)13-8-5-2/h6,15H,3-5,7-14H2,1-2H3/t15?,16-/m0/s1. The molecule has 0 nitrogen and oxygen atoms in total. The van der Waals surface area contributed by atoms with Gasteiger partial charge < -0.3 is 0 Å². The molecule has 16 heavy (non-hydrogen) atoms. The Balaban J connectivity index is 2.20. The lowest BCUT2D eigenvalue weighted by molar-refractivity contribution is 0.389. The van der Waals surface area contributed by atoms with Crippen molar-refractivity contribution in [2.75, 3.05) is 0 Å². The highest BCUT2D eigenvalue weighted by Crippen LogP contribution is 2.60. The summed E-state index contributed by atoms with van der Waals surface area (Å²) in [7, 11) is 0. The second-order valence-corrected chi connectivity index (χ2v) is 5.71. The molecule has 0 spiro atoms. The fourth-order valence-corrected chi connectivity index (χ4v) is 3.13. The molecular formula is C16H30. The van der Waals surface area contributed by atoms with E-state index in [1.165, 1.54) is 64.2 Å². The van der Waals surface area contributed by atoms with Crippen LogP contribution in [0.4, 0.5) is 0 Å². The molecule has 0 aromatic heterocycles. The van der Waals surface area contributed by atoms with Gasteiger partial charge in [-0.05, 0) is 37.0 Å². The minimum absolute atomic E-state index is 0.698. The van der Waals surface area contributed by atoms with Crippen molar-refractivity contribution in [3.8, 4) is 0 Å². The fraction of sp³-hybridized carbons (Fsp3) is 0.875. The quantitative estimate of drug-likeness (QED) is 0.327. The second kappa shape index (κ2) is 7.14. The van der Waals surface area contributed by atoms with Crippen LogP contribution in [-0.4, -0.2) is 0 Å². The number of unbranched alkanes of at least 4 members (excludes halogenated alkanes) is 4. The van der Waals surface area contributed by atoms with Crippen molar-refractivity contribution in [1.82, 2.24) is 0 Å². The van der Waals surface area contributed by atoms with Gasteiger partial charge in [0.25, 0.3) is 0 Å².